The third kappa shape index (κ3) is 4.54. The number of hydrogen-bond acceptors (Lipinski definition) is 3. The van der Waals surface area contributed by atoms with Gasteiger partial charge >= 0.3 is 5.97 Å². The number of aliphatic hydroxyl groups is 1. The van der Waals surface area contributed by atoms with E-state index in [1.54, 1.807) is 6.92 Å². The number of aryl methyl sites for hydroxylation is 1. The van der Waals surface area contributed by atoms with Crippen molar-refractivity contribution < 1.29 is 14.6 Å². The van der Waals surface area contributed by atoms with Crippen LogP contribution in [0.2, 0.25) is 0 Å². The van der Waals surface area contributed by atoms with Crippen molar-refractivity contribution in [2.24, 2.45) is 0 Å². The minimum absolute atomic E-state index is 0.0298. The van der Waals surface area contributed by atoms with Crippen molar-refractivity contribution in [1.29, 1.82) is 0 Å². The number of esters is 1. The number of carbonyl (C=O) groups excluding carboxylic acids is 1. The summed E-state index contributed by atoms with van der Waals surface area (Å²) in [4.78, 5) is 11.4. The van der Waals surface area contributed by atoms with Gasteiger partial charge in [0.15, 0.2) is 0 Å². The summed E-state index contributed by atoms with van der Waals surface area (Å²) in [5.41, 5.74) is 5.66. The lowest BCUT2D eigenvalue weighted by atomic mass is 9.97. The lowest BCUT2D eigenvalue weighted by molar-refractivity contribution is -0.138. The van der Waals surface area contributed by atoms with Gasteiger partial charge in [-0.15, -0.1) is 0 Å². The first-order valence-corrected chi connectivity index (χ1v) is 7.63. The SMILES string of the molecule is C=C(C)C(=O)OCCc1cc(-c2ccc(C)cc2)ccc1CO. The summed E-state index contributed by atoms with van der Waals surface area (Å²) in [6, 6.07) is 14.3. The number of aliphatic hydroxyl groups excluding tert-OH is 1. The molecule has 1 N–H and O–H groups in total. The van der Waals surface area contributed by atoms with Crippen LogP contribution in [0, 0.1) is 6.92 Å². The predicted octanol–water partition coefficient (Wildman–Crippen LogP) is 3.82. The average molecular weight is 310 g/mol. The number of hydrogen-bond donors (Lipinski definition) is 1. The second-order valence-electron chi connectivity index (χ2n) is 5.67. The molecule has 0 fully saturated rings. The molecule has 0 amide bonds. The van der Waals surface area contributed by atoms with E-state index in [1.807, 2.05) is 18.2 Å². The van der Waals surface area contributed by atoms with Crippen LogP contribution in [-0.4, -0.2) is 17.7 Å². The molecule has 3 nitrogen and oxygen atoms in total. The Hall–Kier alpha value is -2.39. The van der Waals surface area contributed by atoms with Gasteiger partial charge < -0.3 is 9.84 Å². The van der Waals surface area contributed by atoms with Crippen molar-refractivity contribution in [3.8, 4) is 11.1 Å². The molecule has 2 rings (SSSR count). The predicted molar refractivity (Wildman–Crippen MR) is 92.0 cm³/mol. The second-order valence-corrected chi connectivity index (χ2v) is 5.67. The minimum Gasteiger partial charge on any atom is -0.462 e. The summed E-state index contributed by atoms with van der Waals surface area (Å²) in [7, 11) is 0. The maximum atomic E-state index is 11.4. The molecule has 0 aromatic heterocycles. The Kier molecular flexibility index (Phi) is 5.72. The maximum absolute atomic E-state index is 11.4. The van der Waals surface area contributed by atoms with Gasteiger partial charge in [0.05, 0.1) is 13.2 Å². The third-order valence-corrected chi connectivity index (χ3v) is 3.71. The van der Waals surface area contributed by atoms with E-state index in [2.05, 4.69) is 37.8 Å². The van der Waals surface area contributed by atoms with Gasteiger partial charge in [0.1, 0.15) is 0 Å². The summed E-state index contributed by atoms with van der Waals surface area (Å²) in [6.07, 6.45) is 0.564. The van der Waals surface area contributed by atoms with Crippen LogP contribution in [0.15, 0.2) is 54.6 Å². The Morgan fingerprint density at radius 2 is 1.74 bits per heavy atom. The van der Waals surface area contributed by atoms with Gasteiger partial charge in [0.25, 0.3) is 0 Å². The Labute approximate surface area is 137 Å². The minimum atomic E-state index is -0.384. The molecule has 0 atom stereocenters. The fourth-order valence-corrected chi connectivity index (χ4v) is 2.32. The molecule has 2 aromatic rings. The molecule has 0 aliphatic rings. The summed E-state index contributed by atoms with van der Waals surface area (Å²) in [5, 5.41) is 9.49. The highest BCUT2D eigenvalue weighted by Crippen LogP contribution is 2.23. The van der Waals surface area contributed by atoms with Crippen LogP contribution in [0.1, 0.15) is 23.6 Å². The van der Waals surface area contributed by atoms with Crippen molar-refractivity contribution >= 4 is 5.97 Å². The van der Waals surface area contributed by atoms with Crippen molar-refractivity contribution in [3.05, 3.63) is 71.3 Å². The van der Waals surface area contributed by atoms with Gasteiger partial charge in [0, 0.05) is 12.0 Å². The Morgan fingerprint density at radius 3 is 2.35 bits per heavy atom. The first-order chi connectivity index (χ1) is 11.0. The smallest absolute Gasteiger partial charge is 0.333 e. The molecule has 0 aliphatic heterocycles. The van der Waals surface area contributed by atoms with Gasteiger partial charge in [-0.3, -0.25) is 0 Å². The van der Waals surface area contributed by atoms with Crippen LogP contribution in [0.4, 0.5) is 0 Å². The fourth-order valence-electron chi connectivity index (χ4n) is 2.32. The van der Waals surface area contributed by atoms with E-state index in [0.717, 1.165) is 22.3 Å². The van der Waals surface area contributed by atoms with E-state index >= 15 is 0 Å². The summed E-state index contributed by atoms with van der Waals surface area (Å²) in [5.74, 6) is -0.384. The van der Waals surface area contributed by atoms with Crippen LogP contribution in [0.25, 0.3) is 11.1 Å². The zero-order valence-electron chi connectivity index (χ0n) is 13.6. The highest BCUT2D eigenvalue weighted by atomic mass is 16.5. The molecular weight excluding hydrogens is 288 g/mol. The second kappa shape index (κ2) is 7.75. The van der Waals surface area contributed by atoms with Crippen LogP contribution in [0.3, 0.4) is 0 Å². The van der Waals surface area contributed by atoms with Crippen LogP contribution in [-0.2, 0) is 22.6 Å². The van der Waals surface area contributed by atoms with Crippen molar-refractivity contribution in [2.45, 2.75) is 26.9 Å². The summed E-state index contributed by atoms with van der Waals surface area (Å²) >= 11 is 0. The molecule has 0 bridgehead atoms. The highest BCUT2D eigenvalue weighted by molar-refractivity contribution is 5.86. The quantitative estimate of drug-likeness (QED) is 0.652. The van der Waals surface area contributed by atoms with E-state index < -0.39 is 0 Å². The van der Waals surface area contributed by atoms with Crippen molar-refractivity contribution in [2.75, 3.05) is 6.61 Å². The summed E-state index contributed by atoms with van der Waals surface area (Å²) in [6.45, 7) is 7.48. The molecule has 3 heteroatoms. The molecular formula is C20H22O3. The molecule has 0 aliphatic carbocycles. The van der Waals surface area contributed by atoms with E-state index in [9.17, 15) is 9.90 Å². The molecule has 0 heterocycles. The average Bonchev–Trinajstić information content (AvgIpc) is 2.55. The number of ether oxygens (including phenoxy) is 1. The van der Waals surface area contributed by atoms with Gasteiger partial charge in [-0.05, 0) is 36.1 Å². The van der Waals surface area contributed by atoms with Crippen molar-refractivity contribution in [3.63, 3.8) is 0 Å². The molecule has 0 radical (unpaired) electrons. The van der Waals surface area contributed by atoms with E-state index in [-0.39, 0.29) is 19.2 Å². The number of carbonyl (C=O) groups is 1. The van der Waals surface area contributed by atoms with E-state index in [4.69, 9.17) is 4.74 Å². The highest BCUT2D eigenvalue weighted by Gasteiger charge is 2.08. The largest absolute Gasteiger partial charge is 0.462 e. The van der Waals surface area contributed by atoms with Crippen molar-refractivity contribution in [1.82, 2.24) is 0 Å². The Morgan fingerprint density at radius 1 is 1.09 bits per heavy atom. The topological polar surface area (TPSA) is 46.5 Å². The van der Waals surface area contributed by atoms with Crippen LogP contribution in [0.5, 0.6) is 0 Å². The Bertz CT molecular complexity index is 699. The molecule has 23 heavy (non-hydrogen) atoms. The molecule has 0 saturated heterocycles. The third-order valence-electron chi connectivity index (χ3n) is 3.71. The van der Waals surface area contributed by atoms with Gasteiger partial charge in [-0.2, -0.15) is 0 Å². The maximum Gasteiger partial charge on any atom is 0.333 e. The lowest BCUT2D eigenvalue weighted by Gasteiger charge is -2.11. The molecule has 2 aromatic carbocycles. The van der Waals surface area contributed by atoms with Gasteiger partial charge in [0.2, 0.25) is 0 Å². The monoisotopic (exact) mass is 310 g/mol. The number of benzene rings is 2. The Balaban J connectivity index is 2.17. The molecule has 0 saturated carbocycles. The summed E-state index contributed by atoms with van der Waals surface area (Å²) < 4.78 is 5.15. The molecule has 120 valence electrons. The molecule has 0 spiro atoms. The standard InChI is InChI=1S/C20H22O3/c1-14(2)20(22)23-11-10-18-12-17(8-9-19(18)13-21)16-6-4-15(3)5-7-16/h4-9,12,21H,1,10-11,13H2,2-3H3. The van der Waals surface area contributed by atoms with Gasteiger partial charge in [-0.1, -0.05) is 54.6 Å². The first kappa shape index (κ1) is 17.0. The van der Waals surface area contributed by atoms with Crippen LogP contribution < -0.4 is 0 Å². The lowest BCUT2D eigenvalue weighted by Crippen LogP contribution is -2.09. The zero-order chi connectivity index (χ0) is 16.8. The molecule has 0 unspecified atom stereocenters. The normalized spacial score (nSPS) is 10.4. The first-order valence-electron chi connectivity index (χ1n) is 7.63. The van der Waals surface area contributed by atoms with Gasteiger partial charge in [-0.25, -0.2) is 4.79 Å². The zero-order valence-corrected chi connectivity index (χ0v) is 13.6. The fraction of sp³-hybridized carbons (Fsp3) is 0.250. The number of rotatable bonds is 6. The van der Waals surface area contributed by atoms with Crippen LogP contribution >= 0.6 is 0 Å². The van der Waals surface area contributed by atoms with E-state index in [1.165, 1.54) is 5.56 Å². The van der Waals surface area contributed by atoms with E-state index in [0.29, 0.717) is 12.0 Å².